The second-order valence-electron chi connectivity index (χ2n) is 6.76. The zero-order valence-electron chi connectivity index (χ0n) is 14.7. The van der Waals surface area contributed by atoms with E-state index in [4.69, 9.17) is 0 Å². The highest BCUT2D eigenvalue weighted by Gasteiger charge is 2.25. The molecule has 1 aromatic heterocycles. The van der Waals surface area contributed by atoms with Crippen LogP contribution in [0.25, 0.3) is 10.9 Å². The highest BCUT2D eigenvalue weighted by Crippen LogP contribution is 2.33. The Hall–Kier alpha value is -2.17. The number of benzene rings is 1. The number of fused-ring (bicyclic) bond motifs is 1. The summed E-state index contributed by atoms with van der Waals surface area (Å²) in [5.74, 6) is 0. The fourth-order valence-electron chi connectivity index (χ4n) is 3.59. The quantitative estimate of drug-likeness (QED) is 0.909. The van der Waals surface area contributed by atoms with Crippen LogP contribution in [0.4, 0.5) is 5.69 Å². The van der Waals surface area contributed by atoms with E-state index in [9.17, 15) is 13.7 Å². The Kier molecular flexibility index (Phi) is 4.67. The van der Waals surface area contributed by atoms with Gasteiger partial charge in [0.15, 0.2) is 0 Å². The number of sulfonamides is 1. The first-order valence-electron chi connectivity index (χ1n) is 8.31. The lowest BCUT2D eigenvalue weighted by Gasteiger charge is -2.34. The number of nitriles is 1. The monoisotopic (exact) mass is 358 g/mol. The summed E-state index contributed by atoms with van der Waals surface area (Å²) >= 11 is 0. The van der Waals surface area contributed by atoms with Crippen LogP contribution in [0.1, 0.15) is 29.5 Å². The highest BCUT2D eigenvalue weighted by atomic mass is 32.2. The average Bonchev–Trinajstić information content (AvgIpc) is 2.53. The molecule has 1 aliphatic heterocycles. The number of aromatic nitrogens is 1. The number of nitrogens with one attached hydrogen (secondary N) is 1. The summed E-state index contributed by atoms with van der Waals surface area (Å²) in [5.41, 5.74) is 4.62. The van der Waals surface area contributed by atoms with Gasteiger partial charge in [-0.1, -0.05) is 11.6 Å². The molecule has 1 saturated heterocycles. The number of rotatable bonds is 3. The van der Waals surface area contributed by atoms with E-state index in [2.05, 4.69) is 32.8 Å². The first-order chi connectivity index (χ1) is 11.8. The normalized spacial score (nSPS) is 16.2. The molecule has 25 heavy (non-hydrogen) atoms. The third kappa shape index (κ3) is 3.75. The van der Waals surface area contributed by atoms with Gasteiger partial charge in [0.05, 0.1) is 23.0 Å². The van der Waals surface area contributed by atoms with Crippen molar-refractivity contribution >= 4 is 26.6 Å². The molecule has 0 spiro atoms. The number of aryl methyl sites for hydroxylation is 2. The van der Waals surface area contributed by atoms with Crippen LogP contribution in [-0.2, 0) is 10.0 Å². The van der Waals surface area contributed by atoms with Crippen LogP contribution in [0.2, 0.25) is 0 Å². The molecule has 7 heteroatoms. The predicted octanol–water partition coefficient (Wildman–Crippen LogP) is 2.24. The van der Waals surface area contributed by atoms with E-state index in [1.807, 2.05) is 13.8 Å². The van der Waals surface area contributed by atoms with Gasteiger partial charge in [-0.3, -0.25) is 4.98 Å². The van der Waals surface area contributed by atoms with Gasteiger partial charge in [0.2, 0.25) is 10.0 Å². The maximum absolute atomic E-state index is 11.4. The minimum atomic E-state index is -3.20. The van der Waals surface area contributed by atoms with E-state index < -0.39 is 10.0 Å². The van der Waals surface area contributed by atoms with Gasteiger partial charge in [0, 0.05) is 30.7 Å². The molecule has 6 nitrogen and oxygen atoms in total. The fourth-order valence-corrected chi connectivity index (χ4v) is 4.43. The van der Waals surface area contributed by atoms with E-state index in [0.29, 0.717) is 31.5 Å². The first-order valence-corrected chi connectivity index (χ1v) is 10.2. The van der Waals surface area contributed by atoms with Gasteiger partial charge in [0.25, 0.3) is 0 Å². The lowest BCUT2D eigenvalue weighted by atomic mass is 10.00. The SMILES string of the molecule is Cc1cc(C)c2ncc(C#N)c(N3CCC(NS(C)(=O)=O)CC3)c2c1. The van der Waals surface area contributed by atoms with Gasteiger partial charge in [-0.25, -0.2) is 13.1 Å². The van der Waals surface area contributed by atoms with Crippen LogP contribution in [0.15, 0.2) is 18.3 Å². The van der Waals surface area contributed by atoms with E-state index in [0.717, 1.165) is 27.7 Å². The van der Waals surface area contributed by atoms with Crippen molar-refractivity contribution in [3.05, 3.63) is 35.0 Å². The zero-order valence-corrected chi connectivity index (χ0v) is 15.5. The van der Waals surface area contributed by atoms with Gasteiger partial charge in [-0.2, -0.15) is 5.26 Å². The molecule has 1 aromatic carbocycles. The predicted molar refractivity (Wildman–Crippen MR) is 99.1 cm³/mol. The Morgan fingerprint density at radius 1 is 1.28 bits per heavy atom. The van der Waals surface area contributed by atoms with Crippen LogP contribution in [0.3, 0.4) is 0 Å². The van der Waals surface area contributed by atoms with Crippen molar-refractivity contribution in [1.82, 2.24) is 9.71 Å². The number of anilines is 1. The van der Waals surface area contributed by atoms with Crippen molar-refractivity contribution in [3.63, 3.8) is 0 Å². The second-order valence-corrected chi connectivity index (χ2v) is 8.54. The van der Waals surface area contributed by atoms with Crippen LogP contribution >= 0.6 is 0 Å². The standard InChI is InChI=1S/C18H22N4O2S/c1-12-8-13(2)17-16(9-12)18(14(10-19)11-20-17)22-6-4-15(5-7-22)21-25(3,23)24/h8-9,11,15,21H,4-7H2,1-3H3. The average molecular weight is 358 g/mol. The molecule has 2 aromatic rings. The minimum absolute atomic E-state index is 0.0478. The molecule has 1 aliphatic rings. The second kappa shape index (κ2) is 6.62. The zero-order chi connectivity index (χ0) is 18.2. The summed E-state index contributed by atoms with van der Waals surface area (Å²) < 4.78 is 25.5. The molecule has 0 amide bonds. The van der Waals surface area contributed by atoms with Crippen LogP contribution in [-0.4, -0.2) is 38.8 Å². The molecule has 0 aliphatic carbocycles. The summed E-state index contributed by atoms with van der Waals surface area (Å²) in [7, 11) is -3.20. The first kappa shape index (κ1) is 17.6. The molecule has 2 heterocycles. The van der Waals surface area contributed by atoms with Gasteiger partial charge in [0.1, 0.15) is 6.07 Å². The van der Waals surface area contributed by atoms with Crippen molar-refractivity contribution < 1.29 is 8.42 Å². The largest absolute Gasteiger partial charge is 0.370 e. The topological polar surface area (TPSA) is 86.1 Å². The molecule has 3 rings (SSSR count). The lowest BCUT2D eigenvalue weighted by Crippen LogP contribution is -2.44. The van der Waals surface area contributed by atoms with Crippen molar-refractivity contribution in [2.24, 2.45) is 0 Å². The number of piperidine rings is 1. The van der Waals surface area contributed by atoms with Crippen LogP contribution < -0.4 is 9.62 Å². The van der Waals surface area contributed by atoms with Crippen molar-refractivity contribution in [3.8, 4) is 6.07 Å². The number of nitrogens with zero attached hydrogens (tertiary/aromatic N) is 3. The van der Waals surface area contributed by atoms with E-state index in [1.54, 1.807) is 6.20 Å². The maximum Gasteiger partial charge on any atom is 0.208 e. The van der Waals surface area contributed by atoms with E-state index >= 15 is 0 Å². The molecule has 1 fully saturated rings. The maximum atomic E-state index is 11.4. The summed E-state index contributed by atoms with van der Waals surface area (Å²) in [6.07, 6.45) is 4.26. The summed E-state index contributed by atoms with van der Waals surface area (Å²) in [4.78, 5) is 6.65. The Bertz CT molecular complexity index is 955. The Morgan fingerprint density at radius 2 is 1.96 bits per heavy atom. The summed E-state index contributed by atoms with van der Waals surface area (Å²) in [6, 6.07) is 6.38. The molecule has 132 valence electrons. The van der Waals surface area contributed by atoms with E-state index in [-0.39, 0.29) is 6.04 Å². The van der Waals surface area contributed by atoms with Crippen molar-refractivity contribution in [2.45, 2.75) is 32.7 Å². The molecule has 0 bridgehead atoms. The Labute approximate surface area is 148 Å². The van der Waals surface area contributed by atoms with Gasteiger partial charge >= 0.3 is 0 Å². The molecule has 0 saturated carbocycles. The van der Waals surface area contributed by atoms with Gasteiger partial charge < -0.3 is 4.90 Å². The molecule has 0 atom stereocenters. The third-order valence-corrected chi connectivity index (χ3v) is 5.35. The Balaban J connectivity index is 1.98. The Morgan fingerprint density at radius 3 is 2.56 bits per heavy atom. The van der Waals surface area contributed by atoms with Gasteiger partial charge in [-0.15, -0.1) is 0 Å². The molecular weight excluding hydrogens is 336 g/mol. The highest BCUT2D eigenvalue weighted by molar-refractivity contribution is 7.88. The summed E-state index contributed by atoms with van der Waals surface area (Å²) in [6.45, 7) is 5.47. The number of pyridine rings is 1. The smallest absolute Gasteiger partial charge is 0.208 e. The molecule has 0 unspecified atom stereocenters. The van der Waals surface area contributed by atoms with Crippen molar-refractivity contribution in [2.75, 3.05) is 24.2 Å². The lowest BCUT2D eigenvalue weighted by molar-refractivity contribution is 0.462. The number of hydrogen-bond donors (Lipinski definition) is 1. The fraction of sp³-hybridized carbons (Fsp3) is 0.444. The van der Waals surface area contributed by atoms with Crippen molar-refractivity contribution in [1.29, 1.82) is 5.26 Å². The van der Waals surface area contributed by atoms with Crippen LogP contribution in [0.5, 0.6) is 0 Å². The molecule has 1 N–H and O–H groups in total. The molecular formula is C18H22N4O2S. The third-order valence-electron chi connectivity index (χ3n) is 4.59. The van der Waals surface area contributed by atoms with Gasteiger partial charge in [-0.05, 0) is 38.3 Å². The molecule has 0 radical (unpaired) electrons. The summed E-state index contributed by atoms with van der Waals surface area (Å²) in [5, 5.41) is 10.5. The number of hydrogen-bond acceptors (Lipinski definition) is 5. The van der Waals surface area contributed by atoms with E-state index in [1.165, 1.54) is 6.26 Å². The van der Waals surface area contributed by atoms with Crippen LogP contribution in [0, 0.1) is 25.2 Å². The minimum Gasteiger partial charge on any atom is -0.370 e.